The van der Waals surface area contributed by atoms with Crippen LogP contribution in [0.25, 0.3) is 0 Å². The van der Waals surface area contributed by atoms with Crippen LogP contribution in [0.4, 0.5) is 0 Å². The zero-order chi connectivity index (χ0) is 9.97. The number of rotatable bonds is 2. The van der Waals surface area contributed by atoms with E-state index in [1.54, 1.807) is 11.3 Å². The Labute approximate surface area is 95.6 Å². The Kier molecular flexibility index (Phi) is 3.22. The Hall–Kier alpha value is -0.370. The molecule has 1 saturated heterocycles. The van der Waals surface area contributed by atoms with Crippen molar-refractivity contribution in [3.05, 3.63) is 20.8 Å². The number of halogens is 1. The first kappa shape index (κ1) is 10.2. The summed E-state index contributed by atoms with van der Waals surface area (Å²) >= 11 is 5.12. The maximum absolute atomic E-state index is 8.69. The lowest BCUT2D eigenvalue weighted by Gasteiger charge is -2.13. The van der Waals surface area contributed by atoms with Crippen molar-refractivity contribution in [3.8, 4) is 6.07 Å². The zero-order valence-corrected chi connectivity index (χ0v) is 9.97. The van der Waals surface area contributed by atoms with Crippen molar-refractivity contribution in [2.24, 2.45) is 5.92 Å². The molecular weight excluding hydrogens is 262 g/mol. The van der Waals surface area contributed by atoms with Gasteiger partial charge >= 0.3 is 0 Å². The topological polar surface area (TPSA) is 33.0 Å². The first-order chi connectivity index (χ1) is 6.81. The highest BCUT2D eigenvalue weighted by Crippen LogP contribution is 2.39. The van der Waals surface area contributed by atoms with Crippen LogP contribution in [0.3, 0.4) is 0 Å². The normalized spacial score (nSPS) is 26.3. The van der Waals surface area contributed by atoms with E-state index in [-0.39, 0.29) is 6.10 Å². The van der Waals surface area contributed by atoms with E-state index in [0.717, 1.165) is 17.5 Å². The fourth-order valence-corrected chi connectivity index (χ4v) is 3.34. The second kappa shape index (κ2) is 4.43. The van der Waals surface area contributed by atoms with Gasteiger partial charge in [0.2, 0.25) is 0 Å². The lowest BCUT2D eigenvalue weighted by Crippen LogP contribution is -2.04. The molecule has 2 nitrogen and oxygen atoms in total. The smallest absolute Gasteiger partial charge is 0.0955 e. The van der Waals surface area contributed by atoms with Gasteiger partial charge in [0.15, 0.2) is 0 Å². The summed E-state index contributed by atoms with van der Waals surface area (Å²) in [5, 5.41) is 10.7. The van der Waals surface area contributed by atoms with E-state index >= 15 is 0 Å². The summed E-state index contributed by atoms with van der Waals surface area (Å²) in [5.74, 6) is 0.380. The van der Waals surface area contributed by atoms with Crippen LogP contribution in [0.15, 0.2) is 15.9 Å². The van der Waals surface area contributed by atoms with E-state index in [0.29, 0.717) is 12.3 Å². The molecule has 0 spiro atoms. The summed E-state index contributed by atoms with van der Waals surface area (Å²) < 4.78 is 6.76. The molecule has 0 aromatic carbocycles. The van der Waals surface area contributed by atoms with Gasteiger partial charge in [-0.15, -0.1) is 11.3 Å². The Morgan fingerprint density at radius 2 is 2.57 bits per heavy atom. The highest BCUT2D eigenvalue weighted by atomic mass is 79.9. The molecule has 0 amide bonds. The SMILES string of the molecule is N#CCC1CCOC1c1cc(Br)cs1. The summed E-state index contributed by atoms with van der Waals surface area (Å²) in [6.07, 6.45) is 1.75. The maximum Gasteiger partial charge on any atom is 0.0955 e. The summed E-state index contributed by atoms with van der Waals surface area (Å²) in [6, 6.07) is 4.32. The first-order valence-corrected chi connectivity index (χ1v) is 6.21. The largest absolute Gasteiger partial charge is 0.372 e. The van der Waals surface area contributed by atoms with Crippen LogP contribution < -0.4 is 0 Å². The molecule has 1 aliphatic rings. The minimum Gasteiger partial charge on any atom is -0.372 e. The van der Waals surface area contributed by atoms with Crippen LogP contribution in [0, 0.1) is 17.2 Å². The third-order valence-electron chi connectivity index (χ3n) is 2.44. The minimum atomic E-state index is 0.144. The molecule has 0 saturated carbocycles. The fourth-order valence-electron chi connectivity index (χ4n) is 1.75. The van der Waals surface area contributed by atoms with Crippen molar-refractivity contribution < 1.29 is 4.74 Å². The first-order valence-electron chi connectivity index (χ1n) is 4.53. The molecule has 74 valence electrons. The number of nitrogens with zero attached hydrogens (tertiary/aromatic N) is 1. The molecule has 2 heterocycles. The molecule has 14 heavy (non-hydrogen) atoms. The number of hydrogen-bond acceptors (Lipinski definition) is 3. The second-order valence-corrected chi connectivity index (χ2v) is 5.23. The van der Waals surface area contributed by atoms with Crippen LogP contribution in [-0.4, -0.2) is 6.61 Å². The molecule has 0 N–H and O–H groups in total. The van der Waals surface area contributed by atoms with Gasteiger partial charge in [0.05, 0.1) is 12.2 Å². The standard InChI is InChI=1S/C10H10BrNOS/c11-8-5-9(14-6-8)10-7(1-3-12)2-4-13-10/h5-7,10H,1-2,4H2. The van der Waals surface area contributed by atoms with Crippen molar-refractivity contribution in [2.75, 3.05) is 6.61 Å². The van der Waals surface area contributed by atoms with Crippen LogP contribution in [0.1, 0.15) is 23.8 Å². The van der Waals surface area contributed by atoms with E-state index in [9.17, 15) is 0 Å². The number of thiophene rings is 1. The van der Waals surface area contributed by atoms with Crippen LogP contribution in [-0.2, 0) is 4.74 Å². The fraction of sp³-hybridized carbons (Fsp3) is 0.500. The minimum absolute atomic E-state index is 0.144. The quantitative estimate of drug-likeness (QED) is 0.825. The van der Waals surface area contributed by atoms with Crippen LogP contribution in [0.5, 0.6) is 0 Å². The summed E-state index contributed by atoms with van der Waals surface area (Å²) in [7, 11) is 0. The van der Waals surface area contributed by atoms with Crippen molar-refractivity contribution in [3.63, 3.8) is 0 Å². The number of nitriles is 1. The molecule has 0 radical (unpaired) electrons. The van der Waals surface area contributed by atoms with E-state index in [4.69, 9.17) is 10.00 Å². The number of ether oxygens (including phenoxy) is 1. The molecule has 1 aromatic heterocycles. The lowest BCUT2D eigenvalue weighted by molar-refractivity contribution is 0.0945. The molecule has 1 aliphatic heterocycles. The van der Waals surface area contributed by atoms with Gasteiger partial charge in [0.1, 0.15) is 0 Å². The van der Waals surface area contributed by atoms with Gasteiger partial charge in [-0.3, -0.25) is 0 Å². The predicted octanol–water partition coefficient (Wildman–Crippen LogP) is 3.50. The van der Waals surface area contributed by atoms with Gasteiger partial charge in [0.25, 0.3) is 0 Å². The molecule has 4 heteroatoms. The van der Waals surface area contributed by atoms with E-state index < -0.39 is 0 Å². The molecule has 2 atom stereocenters. The van der Waals surface area contributed by atoms with Crippen LogP contribution in [0.2, 0.25) is 0 Å². The monoisotopic (exact) mass is 271 g/mol. The summed E-state index contributed by atoms with van der Waals surface area (Å²) in [4.78, 5) is 1.23. The van der Waals surface area contributed by atoms with E-state index in [1.807, 2.05) is 0 Å². The van der Waals surface area contributed by atoms with Gasteiger partial charge in [0, 0.05) is 33.7 Å². The zero-order valence-electron chi connectivity index (χ0n) is 7.57. The van der Waals surface area contributed by atoms with Gasteiger partial charge in [-0.1, -0.05) is 0 Å². The van der Waals surface area contributed by atoms with Crippen molar-refractivity contribution in [2.45, 2.75) is 18.9 Å². The van der Waals surface area contributed by atoms with Crippen molar-refractivity contribution in [1.29, 1.82) is 5.26 Å². The molecule has 2 unspecified atom stereocenters. The van der Waals surface area contributed by atoms with Gasteiger partial charge < -0.3 is 4.74 Å². The molecule has 1 aromatic rings. The predicted molar refractivity (Wildman–Crippen MR) is 59.0 cm³/mol. The van der Waals surface area contributed by atoms with Gasteiger partial charge in [-0.25, -0.2) is 0 Å². The van der Waals surface area contributed by atoms with Gasteiger partial charge in [-0.05, 0) is 28.4 Å². The van der Waals surface area contributed by atoms with Gasteiger partial charge in [-0.2, -0.15) is 5.26 Å². The molecular formula is C10H10BrNOS. The second-order valence-electron chi connectivity index (χ2n) is 3.37. The average Bonchev–Trinajstić information content (AvgIpc) is 2.74. The highest BCUT2D eigenvalue weighted by Gasteiger charge is 2.30. The Bertz CT molecular complexity index is 357. The molecule has 0 bridgehead atoms. The summed E-state index contributed by atoms with van der Waals surface area (Å²) in [5.41, 5.74) is 0. The van der Waals surface area contributed by atoms with Crippen molar-refractivity contribution in [1.82, 2.24) is 0 Å². The van der Waals surface area contributed by atoms with Crippen molar-refractivity contribution >= 4 is 27.3 Å². The molecule has 0 aliphatic carbocycles. The Balaban J connectivity index is 2.14. The highest BCUT2D eigenvalue weighted by molar-refractivity contribution is 9.10. The Morgan fingerprint density at radius 3 is 3.21 bits per heavy atom. The molecule has 2 rings (SSSR count). The summed E-state index contributed by atoms with van der Waals surface area (Å²) in [6.45, 7) is 0.784. The van der Waals surface area contributed by atoms with E-state index in [2.05, 4.69) is 33.4 Å². The van der Waals surface area contributed by atoms with E-state index in [1.165, 1.54) is 4.88 Å². The average molecular weight is 272 g/mol. The third kappa shape index (κ3) is 2.00. The third-order valence-corrected chi connectivity index (χ3v) is 4.19. The maximum atomic E-state index is 8.69. The Morgan fingerprint density at radius 1 is 1.71 bits per heavy atom. The molecule has 1 fully saturated rings. The number of hydrogen-bond donors (Lipinski definition) is 0. The van der Waals surface area contributed by atoms with Crippen LogP contribution >= 0.6 is 27.3 Å². The lowest BCUT2D eigenvalue weighted by atomic mass is 9.97.